The molecule has 0 spiro atoms. The first kappa shape index (κ1) is 34.0. The summed E-state index contributed by atoms with van der Waals surface area (Å²) in [6.45, 7) is 32.3. The third-order valence-electron chi connectivity index (χ3n) is 10.1. The number of hydrogen-bond acceptors (Lipinski definition) is 2. The average Bonchev–Trinajstić information content (AvgIpc) is 3.60. The van der Waals surface area contributed by atoms with E-state index in [1.54, 1.807) is 0 Å². The first-order valence-electron chi connectivity index (χ1n) is 17.7. The molecule has 2 aliphatic heterocycles. The number of fused-ring (bicyclic) bond motifs is 4. The smallest absolute Gasteiger partial charge is 0.404 e. The van der Waals surface area contributed by atoms with Crippen LogP contribution in [0.25, 0.3) is 24.3 Å². The molecule has 0 saturated carbocycles. The molecule has 47 heavy (non-hydrogen) atoms. The topological polar surface area (TPSA) is 59.9 Å². The second kappa shape index (κ2) is 11.7. The molecule has 6 bridgehead atoms. The van der Waals surface area contributed by atoms with Crippen LogP contribution in [-0.4, -0.2) is 44.0 Å². The van der Waals surface area contributed by atoms with Crippen LogP contribution in [-0.2, 0) is 33.9 Å². The lowest BCUT2D eigenvalue weighted by molar-refractivity contribution is 0.340. The van der Waals surface area contributed by atoms with Crippen molar-refractivity contribution < 1.29 is 8.23 Å². The number of rotatable bonds is 8. The molecule has 9 heteroatoms. The maximum Gasteiger partial charge on any atom is 0.577 e. The van der Waals surface area contributed by atoms with Gasteiger partial charge in [0.1, 0.15) is 0 Å². The van der Waals surface area contributed by atoms with E-state index in [1.807, 2.05) is 0 Å². The van der Waals surface area contributed by atoms with Crippen LogP contribution in [0, 0.1) is 27.7 Å². The van der Waals surface area contributed by atoms with Gasteiger partial charge < -0.3 is 26.7 Å². The van der Waals surface area contributed by atoms with Gasteiger partial charge in [-0.3, -0.25) is 0 Å². The molecule has 0 radical (unpaired) electrons. The van der Waals surface area contributed by atoms with Gasteiger partial charge in [0.15, 0.2) is 16.6 Å². The molecule has 4 aromatic rings. The van der Waals surface area contributed by atoms with Gasteiger partial charge in [-0.2, -0.15) is 0 Å². The molecule has 0 atom stereocenters. The fourth-order valence-electron chi connectivity index (χ4n) is 8.16. The molecule has 0 aromatic carbocycles. The molecular formula is C38H56N4O2Si3. The van der Waals surface area contributed by atoms with E-state index in [-0.39, 0.29) is 0 Å². The van der Waals surface area contributed by atoms with Crippen molar-refractivity contribution in [3.63, 3.8) is 0 Å². The maximum atomic E-state index is 7.88. The summed E-state index contributed by atoms with van der Waals surface area (Å²) in [5.74, 6) is 0. The second-order valence-corrected chi connectivity index (χ2v) is 27.6. The monoisotopic (exact) mass is 684 g/mol. The van der Waals surface area contributed by atoms with Crippen molar-refractivity contribution in [2.75, 3.05) is 0 Å². The van der Waals surface area contributed by atoms with Crippen molar-refractivity contribution in [1.29, 1.82) is 0 Å². The lowest BCUT2D eigenvalue weighted by atomic mass is 10.0. The van der Waals surface area contributed by atoms with Crippen molar-refractivity contribution in [2.24, 2.45) is 0 Å². The van der Waals surface area contributed by atoms with Crippen molar-refractivity contribution in [2.45, 2.75) is 120 Å². The highest BCUT2D eigenvalue weighted by Gasteiger charge is 2.56. The van der Waals surface area contributed by atoms with Gasteiger partial charge in [0.25, 0.3) is 0 Å². The summed E-state index contributed by atoms with van der Waals surface area (Å²) >= 11 is 0. The number of nitrogens with one attached hydrogen (secondary N) is 2. The summed E-state index contributed by atoms with van der Waals surface area (Å²) in [5, 5.41) is 4.74. The van der Waals surface area contributed by atoms with E-state index in [9.17, 15) is 0 Å². The number of aromatic amines is 2. The van der Waals surface area contributed by atoms with Crippen LogP contribution in [0.3, 0.4) is 0 Å². The van der Waals surface area contributed by atoms with Gasteiger partial charge in [-0.25, -0.2) is 0 Å². The molecule has 2 aliphatic rings. The number of aromatic nitrogens is 4. The minimum Gasteiger partial charge on any atom is -0.404 e. The third kappa shape index (κ3) is 5.33. The SMILES string of the molecule is CCc1c(C)c2n3c1/C=c1\[nH]/c(c(CC)c1C)=C\c1c(CC)c(C)c(n1[Si]3(O[Si](C)(C)C)O[Si](C)(C)C)/C=c1\[nH]/c(c(CC)c1C)=C\2. The van der Waals surface area contributed by atoms with Gasteiger partial charge in [-0.05, 0) is 161 Å². The van der Waals surface area contributed by atoms with Crippen LogP contribution >= 0.6 is 0 Å². The van der Waals surface area contributed by atoms with Crippen molar-refractivity contribution >= 4 is 49.8 Å². The number of nitrogens with zero attached hydrogens (tertiary/aromatic N) is 2. The van der Waals surface area contributed by atoms with E-state index in [1.165, 1.54) is 88.7 Å². The summed E-state index contributed by atoms with van der Waals surface area (Å²) in [6.07, 6.45) is 13.4. The zero-order chi connectivity index (χ0) is 34.4. The van der Waals surface area contributed by atoms with E-state index < -0.39 is 25.5 Å². The molecule has 0 unspecified atom stereocenters. The standard InChI is InChI=1S/C38H56N4O2Si3/c1-15-27-23(5)31-19-35-25(7)30(18-4)38-22-34-28(16-2)24(6)32(40-34)20-37-29(17-3)26(8)36(21-33(27)39-31)42(37)47(41(35)38,43-45(9,10)11)44-46(12,13)14/h19-22,39-40H,15-18H2,1-14H3/b31-19-,32-20-,33-21-,34-22-,35-19?,36-21?,37-20?,38-22?. The summed E-state index contributed by atoms with van der Waals surface area (Å²) in [6, 6.07) is 0. The van der Waals surface area contributed by atoms with E-state index in [4.69, 9.17) is 8.23 Å². The van der Waals surface area contributed by atoms with Gasteiger partial charge in [0.2, 0.25) is 0 Å². The Morgan fingerprint density at radius 2 is 0.809 bits per heavy atom. The maximum absolute atomic E-state index is 7.88. The summed E-state index contributed by atoms with van der Waals surface area (Å²) in [7, 11) is -8.07. The molecule has 4 aromatic heterocycles. The van der Waals surface area contributed by atoms with E-state index in [0.717, 1.165) is 25.7 Å². The van der Waals surface area contributed by atoms with Crippen molar-refractivity contribution in [3.05, 3.63) is 88.7 Å². The Bertz CT molecular complexity index is 2140. The third-order valence-corrected chi connectivity index (χ3v) is 19.3. The van der Waals surface area contributed by atoms with Crippen LogP contribution in [0.2, 0.25) is 39.3 Å². The van der Waals surface area contributed by atoms with Crippen LogP contribution in [0.15, 0.2) is 0 Å². The van der Waals surface area contributed by atoms with Crippen LogP contribution < -0.4 is 21.4 Å². The Balaban J connectivity index is 2.07. The molecular weight excluding hydrogens is 629 g/mol. The molecule has 0 saturated heterocycles. The second-order valence-electron chi connectivity index (χ2n) is 15.5. The van der Waals surface area contributed by atoms with E-state index >= 15 is 0 Å². The van der Waals surface area contributed by atoms with Crippen LogP contribution in [0.4, 0.5) is 0 Å². The minimum atomic E-state index is -3.58. The van der Waals surface area contributed by atoms with Crippen LogP contribution in [0.1, 0.15) is 95.0 Å². The number of hydrogen-bond donors (Lipinski definition) is 2. The first-order chi connectivity index (χ1) is 22.0. The lowest BCUT2D eigenvalue weighted by Gasteiger charge is -2.43. The summed E-state index contributed by atoms with van der Waals surface area (Å²) in [5.41, 5.74) is 15.5. The first-order valence-corrected chi connectivity index (χ1v) is 26.2. The largest absolute Gasteiger partial charge is 0.577 e. The quantitative estimate of drug-likeness (QED) is 0.200. The molecule has 0 amide bonds. The highest BCUT2D eigenvalue weighted by Crippen LogP contribution is 2.38. The van der Waals surface area contributed by atoms with Gasteiger partial charge in [0, 0.05) is 44.2 Å². The fourth-order valence-corrected chi connectivity index (χ4v) is 18.8. The number of H-pyrrole nitrogens is 2. The normalized spacial score (nSPS) is 18.0. The van der Waals surface area contributed by atoms with Gasteiger partial charge in [-0.15, -0.1) is 0 Å². The van der Waals surface area contributed by atoms with Crippen molar-refractivity contribution in [3.8, 4) is 0 Å². The van der Waals surface area contributed by atoms with Gasteiger partial charge in [0.05, 0.1) is 0 Å². The summed E-state index contributed by atoms with van der Waals surface area (Å²) < 4.78 is 21.0. The predicted octanol–water partition coefficient (Wildman–Crippen LogP) is 5.91. The highest BCUT2D eigenvalue weighted by molar-refractivity contribution is 6.87. The average molecular weight is 685 g/mol. The zero-order valence-electron chi connectivity index (χ0n) is 31.3. The Hall–Kier alpha value is -2.83. The highest BCUT2D eigenvalue weighted by atomic mass is 28.5. The Labute approximate surface area is 284 Å². The van der Waals surface area contributed by atoms with E-state index in [0.29, 0.717) is 0 Å². The van der Waals surface area contributed by atoms with Gasteiger partial charge in [-0.1, -0.05) is 27.7 Å². The molecule has 252 valence electrons. The van der Waals surface area contributed by atoms with Crippen LogP contribution in [0.5, 0.6) is 0 Å². The molecule has 0 fully saturated rings. The molecule has 6 rings (SSSR count). The zero-order valence-corrected chi connectivity index (χ0v) is 34.3. The molecule has 6 nitrogen and oxygen atoms in total. The molecule has 2 N–H and O–H groups in total. The minimum absolute atomic E-state index is 0.918. The predicted molar refractivity (Wildman–Crippen MR) is 205 cm³/mol. The van der Waals surface area contributed by atoms with E-state index in [2.05, 4.69) is 137 Å². The fraction of sp³-hybridized carbons (Fsp3) is 0.474. The Morgan fingerprint density at radius 1 is 0.489 bits per heavy atom. The lowest BCUT2D eigenvalue weighted by Crippen LogP contribution is -2.66. The Morgan fingerprint density at radius 3 is 1.15 bits per heavy atom. The van der Waals surface area contributed by atoms with Gasteiger partial charge >= 0.3 is 8.88 Å². The molecule has 0 aliphatic carbocycles. The van der Waals surface area contributed by atoms with Crippen molar-refractivity contribution in [1.82, 2.24) is 18.4 Å². The molecule has 6 heterocycles. The Kier molecular flexibility index (Phi) is 8.44. The summed E-state index contributed by atoms with van der Waals surface area (Å²) in [4.78, 5) is 7.82.